The predicted octanol–water partition coefficient (Wildman–Crippen LogP) is 2.30. The quantitative estimate of drug-likeness (QED) is 0.661. The van der Waals surface area contributed by atoms with E-state index in [2.05, 4.69) is 15.5 Å². The third kappa shape index (κ3) is 3.95. The highest BCUT2D eigenvalue weighted by Crippen LogP contribution is 2.25. The van der Waals surface area contributed by atoms with E-state index >= 15 is 0 Å². The SMILES string of the molecule is Nc1nnc(-c2ccc(NC(=O)[C@@H](N)Cc3ccccc3)cc2)s1. The van der Waals surface area contributed by atoms with Crippen LogP contribution >= 0.6 is 11.3 Å². The van der Waals surface area contributed by atoms with E-state index in [1.165, 1.54) is 11.3 Å². The van der Waals surface area contributed by atoms with Crippen LogP contribution in [0.2, 0.25) is 0 Å². The molecule has 0 fully saturated rings. The van der Waals surface area contributed by atoms with Crippen LogP contribution in [0.4, 0.5) is 10.8 Å². The summed E-state index contributed by atoms with van der Waals surface area (Å²) in [5.41, 5.74) is 14.2. The topological polar surface area (TPSA) is 107 Å². The Labute approximate surface area is 143 Å². The van der Waals surface area contributed by atoms with Gasteiger partial charge < -0.3 is 16.8 Å². The summed E-state index contributed by atoms with van der Waals surface area (Å²) in [6.45, 7) is 0. The standard InChI is InChI=1S/C17H17N5OS/c18-14(10-11-4-2-1-3-5-11)15(23)20-13-8-6-12(7-9-13)16-21-22-17(19)24-16/h1-9,14H,10,18H2,(H2,19,22)(H,20,23)/t14-/m0/s1. The van der Waals surface area contributed by atoms with Gasteiger partial charge >= 0.3 is 0 Å². The maximum absolute atomic E-state index is 12.2. The second-order valence-electron chi connectivity index (χ2n) is 5.31. The van der Waals surface area contributed by atoms with Gasteiger partial charge in [-0.25, -0.2) is 0 Å². The molecule has 0 bridgehead atoms. The van der Waals surface area contributed by atoms with Gasteiger partial charge in [-0.1, -0.05) is 41.7 Å². The van der Waals surface area contributed by atoms with Crippen LogP contribution in [0.25, 0.3) is 10.6 Å². The third-order valence-corrected chi connectivity index (χ3v) is 4.28. The lowest BCUT2D eigenvalue weighted by atomic mass is 10.1. The molecule has 1 atom stereocenters. The van der Waals surface area contributed by atoms with Gasteiger partial charge in [-0.3, -0.25) is 4.79 Å². The molecule has 0 saturated carbocycles. The van der Waals surface area contributed by atoms with Crippen molar-refractivity contribution in [3.63, 3.8) is 0 Å². The number of nitrogens with one attached hydrogen (secondary N) is 1. The van der Waals surface area contributed by atoms with Gasteiger partial charge in [0.1, 0.15) is 5.01 Å². The average Bonchev–Trinajstić information content (AvgIpc) is 3.03. The fraction of sp³-hybridized carbons (Fsp3) is 0.118. The molecule has 0 saturated heterocycles. The van der Waals surface area contributed by atoms with E-state index in [0.29, 0.717) is 17.2 Å². The Hall–Kier alpha value is -2.77. The molecule has 7 heteroatoms. The van der Waals surface area contributed by atoms with Crippen molar-refractivity contribution in [3.8, 4) is 10.6 Å². The number of carbonyl (C=O) groups is 1. The smallest absolute Gasteiger partial charge is 0.241 e. The van der Waals surface area contributed by atoms with Crippen molar-refractivity contribution in [2.75, 3.05) is 11.1 Å². The first kappa shape index (κ1) is 16.1. The molecule has 3 aromatic rings. The Kier molecular flexibility index (Phi) is 4.83. The van der Waals surface area contributed by atoms with E-state index in [-0.39, 0.29) is 5.91 Å². The molecule has 1 heterocycles. The summed E-state index contributed by atoms with van der Waals surface area (Å²) in [6.07, 6.45) is 0.495. The van der Waals surface area contributed by atoms with Crippen LogP contribution in [0.5, 0.6) is 0 Å². The van der Waals surface area contributed by atoms with Gasteiger partial charge in [-0.15, -0.1) is 10.2 Å². The van der Waals surface area contributed by atoms with E-state index in [9.17, 15) is 4.79 Å². The van der Waals surface area contributed by atoms with Crippen LogP contribution in [0.3, 0.4) is 0 Å². The zero-order valence-corrected chi connectivity index (χ0v) is 13.7. The van der Waals surface area contributed by atoms with Crippen LogP contribution in [-0.4, -0.2) is 22.1 Å². The number of nitrogens with zero attached hydrogens (tertiary/aromatic N) is 2. The largest absolute Gasteiger partial charge is 0.374 e. The van der Waals surface area contributed by atoms with Crippen LogP contribution in [0.15, 0.2) is 54.6 Å². The third-order valence-electron chi connectivity index (χ3n) is 3.48. The number of benzene rings is 2. The summed E-state index contributed by atoms with van der Waals surface area (Å²) in [5.74, 6) is -0.216. The molecule has 24 heavy (non-hydrogen) atoms. The van der Waals surface area contributed by atoms with Crippen LogP contribution in [0, 0.1) is 0 Å². The first-order valence-corrected chi connectivity index (χ1v) is 8.23. The Morgan fingerprint density at radius 3 is 2.42 bits per heavy atom. The molecule has 122 valence electrons. The summed E-state index contributed by atoms with van der Waals surface area (Å²) < 4.78 is 0. The first-order chi connectivity index (χ1) is 11.6. The van der Waals surface area contributed by atoms with Crippen molar-refractivity contribution >= 4 is 28.1 Å². The van der Waals surface area contributed by atoms with Crippen LogP contribution in [0.1, 0.15) is 5.56 Å². The lowest BCUT2D eigenvalue weighted by molar-refractivity contribution is -0.117. The molecular formula is C17H17N5OS. The Balaban J connectivity index is 1.62. The van der Waals surface area contributed by atoms with Gasteiger partial charge in [0, 0.05) is 11.3 Å². The Morgan fingerprint density at radius 1 is 1.08 bits per heavy atom. The molecule has 2 aromatic carbocycles. The summed E-state index contributed by atoms with van der Waals surface area (Å²) in [6, 6.07) is 16.4. The minimum absolute atomic E-state index is 0.216. The Bertz CT molecular complexity index is 817. The van der Waals surface area contributed by atoms with Crippen molar-refractivity contribution in [2.24, 2.45) is 5.73 Å². The zero-order valence-electron chi connectivity index (χ0n) is 12.8. The van der Waals surface area contributed by atoms with Crippen LogP contribution < -0.4 is 16.8 Å². The fourth-order valence-corrected chi connectivity index (χ4v) is 2.86. The molecule has 0 spiro atoms. The van der Waals surface area contributed by atoms with E-state index in [1.54, 1.807) is 12.1 Å². The van der Waals surface area contributed by atoms with Crippen molar-refractivity contribution in [1.82, 2.24) is 10.2 Å². The van der Waals surface area contributed by atoms with E-state index in [1.807, 2.05) is 42.5 Å². The second kappa shape index (κ2) is 7.20. The first-order valence-electron chi connectivity index (χ1n) is 7.41. The molecule has 0 unspecified atom stereocenters. The second-order valence-corrected chi connectivity index (χ2v) is 6.32. The number of aromatic nitrogens is 2. The van der Waals surface area contributed by atoms with Gasteiger partial charge in [-0.05, 0) is 36.2 Å². The summed E-state index contributed by atoms with van der Waals surface area (Å²) >= 11 is 1.31. The highest BCUT2D eigenvalue weighted by molar-refractivity contribution is 7.18. The lowest BCUT2D eigenvalue weighted by Crippen LogP contribution is -2.37. The molecule has 6 nitrogen and oxygen atoms in total. The van der Waals surface area contributed by atoms with Gasteiger partial charge in [0.2, 0.25) is 11.0 Å². The number of nitrogens with two attached hydrogens (primary N) is 2. The molecular weight excluding hydrogens is 322 g/mol. The van der Waals surface area contributed by atoms with Gasteiger partial charge in [-0.2, -0.15) is 0 Å². The van der Waals surface area contributed by atoms with Crippen molar-refractivity contribution in [2.45, 2.75) is 12.5 Å². The number of amides is 1. The molecule has 5 N–H and O–H groups in total. The number of hydrogen-bond acceptors (Lipinski definition) is 6. The van der Waals surface area contributed by atoms with Crippen molar-refractivity contribution in [1.29, 1.82) is 0 Å². The average molecular weight is 339 g/mol. The number of carbonyl (C=O) groups excluding carboxylic acids is 1. The highest BCUT2D eigenvalue weighted by atomic mass is 32.1. The summed E-state index contributed by atoms with van der Waals surface area (Å²) in [5, 5.41) is 11.8. The minimum Gasteiger partial charge on any atom is -0.374 e. The molecule has 3 rings (SSSR count). The Morgan fingerprint density at radius 2 is 1.79 bits per heavy atom. The number of anilines is 2. The molecule has 0 aliphatic heterocycles. The normalized spacial score (nSPS) is 11.9. The van der Waals surface area contributed by atoms with Gasteiger partial charge in [0.05, 0.1) is 6.04 Å². The summed E-state index contributed by atoms with van der Waals surface area (Å²) in [4.78, 5) is 12.2. The summed E-state index contributed by atoms with van der Waals surface area (Å²) in [7, 11) is 0. The van der Waals surface area contributed by atoms with Gasteiger partial charge in [0.25, 0.3) is 0 Å². The monoisotopic (exact) mass is 339 g/mol. The van der Waals surface area contributed by atoms with E-state index in [4.69, 9.17) is 11.5 Å². The van der Waals surface area contributed by atoms with Crippen molar-refractivity contribution in [3.05, 3.63) is 60.2 Å². The predicted molar refractivity (Wildman–Crippen MR) is 96.5 cm³/mol. The highest BCUT2D eigenvalue weighted by Gasteiger charge is 2.14. The molecule has 0 radical (unpaired) electrons. The fourth-order valence-electron chi connectivity index (χ4n) is 2.24. The van der Waals surface area contributed by atoms with Crippen LogP contribution in [-0.2, 0) is 11.2 Å². The molecule has 0 aliphatic carbocycles. The lowest BCUT2D eigenvalue weighted by Gasteiger charge is -2.12. The van der Waals surface area contributed by atoms with E-state index in [0.717, 1.165) is 16.1 Å². The van der Waals surface area contributed by atoms with E-state index < -0.39 is 6.04 Å². The molecule has 1 amide bonds. The number of hydrogen-bond donors (Lipinski definition) is 3. The number of nitrogen functional groups attached to an aromatic ring is 1. The maximum Gasteiger partial charge on any atom is 0.241 e. The number of rotatable bonds is 5. The minimum atomic E-state index is -0.602. The van der Waals surface area contributed by atoms with Gasteiger partial charge in [0.15, 0.2) is 0 Å². The van der Waals surface area contributed by atoms with Crippen molar-refractivity contribution < 1.29 is 4.79 Å². The maximum atomic E-state index is 12.2. The zero-order chi connectivity index (χ0) is 16.9. The molecule has 0 aliphatic rings. The molecule has 1 aromatic heterocycles.